The minimum atomic E-state index is -3.90. The van der Waals surface area contributed by atoms with E-state index in [1.165, 1.54) is 4.90 Å². The van der Waals surface area contributed by atoms with Crippen LogP contribution in [0.3, 0.4) is 0 Å². The Balaban J connectivity index is 2.09. The van der Waals surface area contributed by atoms with Gasteiger partial charge in [0, 0.05) is 23.5 Å². The molecule has 3 aromatic rings. The van der Waals surface area contributed by atoms with Gasteiger partial charge in [-0.2, -0.15) is 0 Å². The zero-order valence-electron chi connectivity index (χ0n) is 23.9. The summed E-state index contributed by atoms with van der Waals surface area (Å²) < 4.78 is 33.6. The van der Waals surface area contributed by atoms with E-state index in [9.17, 15) is 18.0 Å². The number of anilines is 1. The Morgan fingerprint density at radius 3 is 2.24 bits per heavy atom. The van der Waals surface area contributed by atoms with Crippen molar-refractivity contribution in [2.75, 3.05) is 23.7 Å². The normalized spacial score (nSPS) is 12.7. The van der Waals surface area contributed by atoms with Gasteiger partial charge in [0.15, 0.2) is 0 Å². The largest absolute Gasteiger partial charge is 0.492 e. The second kappa shape index (κ2) is 15.0. The molecular weight excluding hydrogens is 606 g/mol. The summed E-state index contributed by atoms with van der Waals surface area (Å²) in [6.45, 7) is 5.62. The molecule has 0 heterocycles. The Hall–Kier alpha value is -3.37. The molecule has 2 atom stereocenters. The zero-order valence-corrected chi connectivity index (χ0v) is 26.3. The van der Waals surface area contributed by atoms with Crippen LogP contribution in [0.1, 0.15) is 38.3 Å². The van der Waals surface area contributed by atoms with Crippen molar-refractivity contribution in [3.63, 3.8) is 0 Å². The van der Waals surface area contributed by atoms with Crippen LogP contribution in [0.5, 0.6) is 5.75 Å². The summed E-state index contributed by atoms with van der Waals surface area (Å²) >= 11 is 3.49. The Labute approximate surface area is 251 Å². The molecule has 0 unspecified atom stereocenters. The molecule has 8 nitrogen and oxygen atoms in total. The Kier molecular flexibility index (Phi) is 11.8. The van der Waals surface area contributed by atoms with Crippen LogP contribution in [0.25, 0.3) is 0 Å². The first kappa shape index (κ1) is 32.1. The SMILES string of the molecule is CCOc1ccccc1N(CC(=O)N(Cc1cccc(Br)c1)[C@H](Cc1ccccc1)C(=O)N[C@@H](C)CC)S(C)(=O)=O. The average molecular weight is 645 g/mol. The van der Waals surface area contributed by atoms with Crippen LogP contribution >= 0.6 is 15.9 Å². The van der Waals surface area contributed by atoms with E-state index in [0.717, 1.165) is 32.6 Å². The van der Waals surface area contributed by atoms with Crippen molar-refractivity contribution in [2.24, 2.45) is 0 Å². The maximum atomic E-state index is 14.2. The third-order valence-corrected chi connectivity index (χ3v) is 8.25. The second-order valence-electron chi connectivity index (χ2n) is 9.85. The van der Waals surface area contributed by atoms with E-state index in [-0.39, 0.29) is 30.6 Å². The number of hydrogen-bond donors (Lipinski definition) is 1. The van der Waals surface area contributed by atoms with Gasteiger partial charge in [0.2, 0.25) is 21.8 Å². The van der Waals surface area contributed by atoms with Gasteiger partial charge in [0.25, 0.3) is 0 Å². The maximum Gasteiger partial charge on any atom is 0.244 e. The monoisotopic (exact) mass is 643 g/mol. The maximum absolute atomic E-state index is 14.2. The fourth-order valence-electron chi connectivity index (χ4n) is 4.36. The standard InChI is InChI=1S/C31H38BrN3O5S/c1-5-23(3)33-31(37)28(20-24-13-8-7-9-14-24)34(21-25-15-12-16-26(32)19-25)30(36)22-35(41(4,38)39)27-17-10-11-18-29(27)40-6-2/h7-19,23,28H,5-6,20-22H2,1-4H3,(H,33,37)/t23-,28+/m0/s1. The number of nitrogens with one attached hydrogen (secondary N) is 1. The fourth-order valence-corrected chi connectivity index (χ4v) is 5.66. The van der Waals surface area contributed by atoms with Crippen molar-refractivity contribution in [3.05, 3.63) is 94.5 Å². The van der Waals surface area contributed by atoms with Crippen LogP contribution in [0.15, 0.2) is 83.3 Å². The Morgan fingerprint density at radius 1 is 0.951 bits per heavy atom. The van der Waals surface area contributed by atoms with Gasteiger partial charge in [-0.05, 0) is 55.7 Å². The molecule has 0 aliphatic heterocycles. The molecule has 1 N–H and O–H groups in total. The molecule has 41 heavy (non-hydrogen) atoms. The van der Waals surface area contributed by atoms with Gasteiger partial charge in [-0.3, -0.25) is 13.9 Å². The molecule has 0 saturated carbocycles. The van der Waals surface area contributed by atoms with Gasteiger partial charge >= 0.3 is 0 Å². The van der Waals surface area contributed by atoms with E-state index in [0.29, 0.717) is 12.4 Å². The summed E-state index contributed by atoms with van der Waals surface area (Å²) in [4.78, 5) is 29.4. The molecular formula is C31H38BrN3O5S. The van der Waals surface area contributed by atoms with E-state index in [1.807, 2.05) is 68.4 Å². The predicted molar refractivity (Wildman–Crippen MR) is 166 cm³/mol. The molecule has 3 aromatic carbocycles. The number of para-hydroxylation sites is 2. The van der Waals surface area contributed by atoms with Gasteiger partial charge in [-0.1, -0.05) is 77.5 Å². The lowest BCUT2D eigenvalue weighted by Crippen LogP contribution is -2.54. The smallest absolute Gasteiger partial charge is 0.244 e. The quantitative estimate of drug-likeness (QED) is 0.262. The molecule has 0 aliphatic carbocycles. The predicted octanol–water partition coefficient (Wildman–Crippen LogP) is 5.17. The number of halogens is 1. The minimum Gasteiger partial charge on any atom is -0.492 e. The van der Waals surface area contributed by atoms with Gasteiger partial charge in [0.1, 0.15) is 18.3 Å². The topological polar surface area (TPSA) is 96.0 Å². The number of benzene rings is 3. The number of carbonyl (C=O) groups is 2. The van der Waals surface area contributed by atoms with Crippen LogP contribution < -0.4 is 14.4 Å². The van der Waals surface area contributed by atoms with Crippen LogP contribution in [-0.2, 0) is 32.6 Å². The number of carbonyl (C=O) groups excluding carboxylic acids is 2. The summed E-state index contributed by atoms with van der Waals surface area (Å²) in [5.41, 5.74) is 1.93. The highest BCUT2D eigenvalue weighted by Gasteiger charge is 2.34. The highest BCUT2D eigenvalue weighted by atomic mass is 79.9. The first-order valence-electron chi connectivity index (χ1n) is 13.6. The van der Waals surface area contributed by atoms with E-state index in [2.05, 4.69) is 21.2 Å². The molecule has 2 amide bonds. The molecule has 0 aliphatic rings. The van der Waals surface area contributed by atoms with Gasteiger partial charge in [-0.15, -0.1) is 0 Å². The molecule has 0 spiro atoms. The highest BCUT2D eigenvalue weighted by Crippen LogP contribution is 2.30. The minimum absolute atomic E-state index is 0.103. The first-order chi connectivity index (χ1) is 19.5. The van der Waals surface area contributed by atoms with Crippen molar-refractivity contribution >= 4 is 43.5 Å². The lowest BCUT2D eigenvalue weighted by Gasteiger charge is -2.34. The third-order valence-electron chi connectivity index (χ3n) is 6.63. The molecule has 0 fully saturated rings. The number of amides is 2. The van der Waals surface area contributed by atoms with Crippen LogP contribution in [0.2, 0.25) is 0 Å². The zero-order chi connectivity index (χ0) is 30.0. The number of nitrogens with zero attached hydrogens (tertiary/aromatic N) is 2. The van der Waals surface area contributed by atoms with Crippen LogP contribution in [0.4, 0.5) is 5.69 Å². The molecule has 3 rings (SSSR count). The van der Waals surface area contributed by atoms with Crippen molar-refractivity contribution in [1.29, 1.82) is 0 Å². The lowest BCUT2D eigenvalue weighted by atomic mass is 10.0. The molecule has 0 aromatic heterocycles. The van der Waals surface area contributed by atoms with E-state index in [1.54, 1.807) is 31.2 Å². The van der Waals surface area contributed by atoms with Crippen LogP contribution in [-0.4, -0.2) is 56.6 Å². The van der Waals surface area contributed by atoms with Crippen molar-refractivity contribution in [3.8, 4) is 5.75 Å². The average Bonchev–Trinajstić information content (AvgIpc) is 2.94. The van der Waals surface area contributed by atoms with Gasteiger partial charge < -0.3 is 15.0 Å². The first-order valence-corrected chi connectivity index (χ1v) is 16.2. The Morgan fingerprint density at radius 2 is 1.61 bits per heavy atom. The number of rotatable bonds is 14. The van der Waals surface area contributed by atoms with Crippen molar-refractivity contribution in [1.82, 2.24) is 10.2 Å². The Bertz CT molecular complexity index is 1420. The van der Waals surface area contributed by atoms with E-state index in [4.69, 9.17) is 4.74 Å². The third kappa shape index (κ3) is 9.33. The molecule has 10 heteroatoms. The number of hydrogen-bond acceptors (Lipinski definition) is 5. The second-order valence-corrected chi connectivity index (χ2v) is 12.7. The summed E-state index contributed by atoms with van der Waals surface area (Å²) in [6, 6.07) is 22.7. The lowest BCUT2D eigenvalue weighted by molar-refractivity contribution is -0.140. The molecule has 0 radical (unpaired) electrons. The van der Waals surface area contributed by atoms with Gasteiger partial charge in [0.05, 0.1) is 18.6 Å². The fraction of sp³-hybridized carbons (Fsp3) is 0.355. The summed E-state index contributed by atoms with van der Waals surface area (Å²) in [7, 11) is -3.90. The summed E-state index contributed by atoms with van der Waals surface area (Å²) in [5.74, 6) is -0.462. The van der Waals surface area contributed by atoms with Crippen molar-refractivity contribution < 1.29 is 22.7 Å². The van der Waals surface area contributed by atoms with E-state index >= 15 is 0 Å². The van der Waals surface area contributed by atoms with Gasteiger partial charge in [-0.25, -0.2) is 8.42 Å². The summed E-state index contributed by atoms with van der Waals surface area (Å²) in [6.07, 6.45) is 2.04. The number of ether oxygens (including phenoxy) is 1. The number of sulfonamides is 1. The van der Waals surface area contributed by atoms with E-state index < -0.39 is 28.5 Å². The molecule has 0 bridgehead atoms. The highest BCUT2D eigenvalue weighted by molar-refractivity contribution is 9.10. The summed E-state index contributed by atoms with van der Waals surface area (Å²) in [5, 5.41) is 3.03. The molecule has 0 saturated heterocycles. The van der Waals surface area contributed by atoms with Crippen LogP contribution in [0, 0.1) is 0 Å². The molecule has 220 valence electrons. The van der Waals surface area contributed by atoms with Crippen molar-refractivity contribution in [2.45, 2.75) is 52.2 Å².